The molecule has 13 heavy (non-hydrogen) atoms. The highest BCUT2D eigenvalue weighted by Crippen LogP contribution is 2.13. The number of hydrogen-bond donors (Lipinski definition) is 1. The van der Waals surface area contributed by atoms with Gasteiger partial charge in [0, 0.05) is 18.8 Å². The van der Waals surface area contributed by atoms with Gasteiger partial charge in [-0.15, -0.1) is 12.4 Å². The second kappa shape index (κ2) is 4.85. The van der Waals surface area contributed by atoms with E-state index >= 15 is 0 Å². The van der Waals surface area contributed by atoms with E-state index in [9.17, 15) is 0 Å². The third kappa shape index (κ3) is 5.14. The standard InChI is InChI=1S/C10H14ClN.ClH/c1-10(2,12)7-8-3-5-9(11)6-4-8;/h3-6H,7,12H2,1-2H3;1H/i1D3,2D3;. The highest BCUT2D eigenvalue weighted by atomic mass is 35.5. The van der Waals surface area contributed by atoms with Gasteiger partial charge < -0.3 is 5.73 Å². The minimum absolute atomic E-state index is 0. The molecule has 0 saturated heterocycles. The van der Waals surface area contributed by atoms with Crippen LogP contribution in [0.5, 0.6) is 0 Å². The fraction of sp³-hybridized carbons (Fsp3) is 0.400. The largest absolute Gasteiger partial charge is 0.325 e. The van der Waals surface area contributed by atoms with Gasteiger partial charge in [0.1, 0.15) is 0 Å². The first-order valence-corrected chi connectivity index (χ1v) is 3.88. The van der Waals surface area contributed by atoms with Crippen molar-refractivity contribution in [3.63, 3.8) is 0 Å². The van der Waals surface area contributed by atoms with Gasteiger partial charge in [0.25, 0.3) is 0 Å². The van der Waals surface area contributed by atoms with Crippen molar-refractivity contribution in [3.05, 3.63) is 34.9 Å². The van der Waals surface area contributed by atoms with Crippen molar-refractivity contribution in [2.45, 2.75) is 25.7 Å². The van der Waals surface area contributed by atoms with Crippen molar-refractivity contribution in [1.82, 2.24) is 0 Å². The maximum atomic E-state index is 7.36. The van der Waals surface area contributed by atoms with Crippen LogP contribution in [-0.4, -0.2) is 5.54 Å². The molecular formula is C10H15Cl2N. The molecule has 0 fully saturated rings. The Labute approximate surface area is 99.1 Å². The number of rotatable bonds is 2. The van der Waals surface area contributed by atoms with Crippen LogP contribution in [0.3, 0.4) is 0 Å². The van der Waals surface area contributed by atoms with Gasteiger partial charge in [-0.3, -0.25) is 0 Å². The van der Waals surface area contributed by atoms with Crippen molar-refractivity contribution in [2.24, 2.45) is 5.73 Å². The van der Waals surface area contributed by atoms with Crippen LogP contribution in [0.1, 0.15) is 27.5 Å². The molecule has 0 saturated carbocycles. The summed E-state index contributed by atoms with van der Waals surface area (Å²) >= 11 is 5.71. The van der Waals surface area contributed by atoms with Gasteiger partial charge in [-0.25, -0.2) is 0 Å². The second-order valence-electron chi connectivity index (χ2n) is 2.77. The first-order valence-electron chi connectivity index (χ1n) is 6.51. The molecule has 74 valence electrons. The molecular weight excluding hydrogens is 205 g/mol. The van der Waals surface area contributed by atoms with Gasteiger partial charge in [-0.1, -0.05) is 23.7 Å². The average Bonchev–Trinajstić information content (AvgIpc) is 2.18. The molecule has 0 aliphatic carbocycles. The van der Waals surface area contributed by atoms with Crippen molar-refractivity contribution < 1.29 is 8.22 Å². The lowest BCUT2D eigenvalue weighted by Gasteiger charge is -2.18. The summed E-state index contributed by atoms with van der Waals surface area (Å²) in [7, 11) is 0. The molecule has 1 aromatic carbocycles. The van der Waals surface area contributed by atoms with Gasteiger partial charge in [0.2, 0.25) is 0 Å². The average molecular weight is 226 g/mol. The van der Waals surface area contributed by atoms with Gasteiger partial charge in [-0.05, 0) is 37.8 Å². The van der Waals surface area contributed by atoms with Crippen molar-refractivity contribution in [1.29, 1.82) is 0 Å². The zero-order chi connectivity index (χ0) is 14.2. The molecule has 2 N–H and O–H groups in total. The number of benzene rings is 1. The smallest absolute Gasteiger partial charge is 0.0406 e. The lowest BCUT2D eigenvalue weighted by Crippen LogP contribution is -2.34. The maximum absolute atomic E-state index is 7.36. The number of halogens is 2. The van der Waals surface area contributed by atoms with Crippen LogP contribution in [0.4, 0.5) is 0 Å². The minimum atomic E-state index is -2.78. The fourth-order valence-corrected chi connectivity index (χ4v) is 1.05. The first kappa shape index (κ1) is 5.59. The van der Waals surface area contributed by atoms with E-state index in [0.29, 0.717) is 10.6 Å². The molecule has 0 atom stereocenters. The molecule has 1 nitrogen and oxygen atoms in total. The van der Waals surface area contributed by atoms with E-state index in [1.165, 1.54) is 0 Å². The molecule has 0 heterocycles. The highest BCUT2D eigenvalue weighted by molar-refractivity contribution is 6.30. The van der Waals surface area contributed by atoms with Gasteiger partial charge in [-0.2, -0.15) is 0 Å². The summed E-state index contributed by atoms with van der Waals surface area (Å²) in [6.45, 7) is -5.56. The topological polar surface area (TPSA) is 26.0 Å². The van der Waals surface area contributed by atoms with E-state index in [0.717, 1.165) is 0 Å². The summed E-state index contributed by atoms with van der Waals surface area (Å²) in [4.78, 5) is 0. The molecule has 1 rings (SSSR count). The van der Waals surface area contributed by atoms with Crippen LogP contribution in [0.2, 0.25) is 5.02 Å². The minimum Gasteiger partial charge on any atom is -0.325 e. The maximum Gasteiger partial charge on any atom is 0.0406 e. The van der Waals surface area contributed by atoms with E-state index in [2.05, 4.69) is 0 Å². The Morgan fingerprint density at radius 2 is 1.92 bits per heavy atom. The Balaban J connectivity index is 0.00000324. The molecule has 0 amide bonds. The Morgan fingerprint density at radius 1 is 1.38 bits per heavy atom. The van der Waals surface area contributed by atoms with E-state index in [1.807, 2.05) is 0 Å². The first-order chi connectivity index (χ1) is 7.97. The Bertz CT molecular complexity index is 398. The molecule has 0 radical (unpaired) electrons. The highest BCUT2D eigenvalue weighted by Gasteiger charge is 2.10. The third-order valence-electron chi connectivity index (χ3n) is 1.40. The Hall–Kier alpha value is -0.240. The van der Waals surface area contributed by atoms with E-state index < -0.39 is 19.2 Å². The fourth-order valence-electron chi connectivity index (χ4n) is 0.924. The molecule has 0 aliphatic heterocycles. The van der Waals surface area contributed by atoms with Crippen LogP contribution in [0.15, 0.2) is 24.3 Å². The molecule has 0 aliphatic rings. The molecule has 0 unspecified atom stereocenters. The van der Waals surface area contributed by atoms with Gasteiger partial charge in [0.15, 0.2) is 0 Å². The summed E-state index contributed by atoms with van der Waals surface area (Å²) in [5.41, 5.74) is 3.92. The lowest BCUT2D eigenvalue weighted by molar-refractivity contribution is 0.517. The third-order valence-corrected chi connectivity index (χ3v) is 1.65. The normalized spacial score (nSPS) is 19.5. The molecule has 0 bridgehead atoms. The predicted octanol–water partition coefficient (Wildman–Crippen LogP) is 3.04. The van der Waals surface area contributed by atoms with Crippen molar-refractivity contribution >= 4 is 24.0 Å². The van der Waals surface area contributed by atoms with Crippen LogP contribution in [0, 0.1) is 0 Å². The zero-order valence-corrected chi connectivity index (χ0v) is 8.45. The summed E-state index contributed by atoms with van der Waals surface area (Å²) in [6.07, 6.45) is -0.267. The second-order valence-corrected chi connectivity index (χ2v) is 3.21. The Morgan fingerprint density at radius 3 is 2.38 bits per heavy atom. The van der Waals surface area contributed by atoms with Crippen molar-refractivity contribution in [2.75, 3.05) is 0 Å². The van der Waals surface area contributed by atoms with E-state index in [-0.39, 0.29) is 18.8 Å². The molecule has 0 aromatic heterocycles. The number of hydrogen-bond acceptors (Lipinski definition) is 1. The summed E-state index contributed by atoms with van der Waals surface area (Å²) in [5, 5.41) is 0.490. The SMILES string of the molecule is Cl.[2H]C([2H])([2H])C(N)(Cc1ccc(Cl)cc1)C([2H])([2H])[2H]. The van der Waals surface area contributed by atoms with Crippen molar-refractivity contribution in [3.8, 4) is 0 Å². The van der Waals surface area contributed by atoms with E-state index in [4.69, 9.17) is 25.6 Å². The van der Waals surface area contributed by atoms with E-state index in [1.54, 1.807) is 24.3 Å². The Kier molecular flexibility index (Phi) is 2.09. The molecule has 0 spiro atoms. The molecule has 1 aromatic rings. The monoisotopic (exact) mass is 225 g/mol. The quantitative estimate of drug-likeness (QED) is 0.824. The molecule has 3 heteroatoms. The number of nitrogens with two attached hydrogens (primary N) is 1. The summed E-state index contributed by atoms with van der Waals surface area (Å²) < 4.78 is 44.1. The van der Waals surface area contributed by atoms with Gasteiger partial charge in [0.05, 0.1) is 0 Å². The summed E-state index contributed by atoms with van der Waals surface area (Å²) in [6, 6.07) is 6.27. The van der Waals surface area contributed by atoms with Crippen LogP contribution >= 0.6 is 24.0 Å². The predicted molar refractivity (Wildman–Crippen MR) is 60.7 cm³/mol. The van der Waals surface area contributed by atoms with Crippen LogP contribution in [-0.2, 0) is 6.42 Å². The van der Waals surface area contributed by atoms with Crippen LogP contribution in [0.25, 0.3) is 0 Å². The lowest BCUT2D eigenvalue weighted by atomic mass is 9.96. The zero-order valence-electron chi connectivity index (χ0n) is 12.9. The van der Waals surface area contributed by atoms with Crippen LogP contribution < -0.4 is 5.73 Å². The van der Waals surface area contributed by atoms with Gasteiger partial charge >= 0.3 is 0 Å². The summed E-state index contributed by atoms with van der Waals surface area (Å²) in [5.74, 6) is 0.